The van der Waals surface area contributed by atoms with Gasteiger partial charge in [-0.05, 0) is 18.9 Å². The lowest BCUT2D eigenvalue weighted by atomic mass is 10.00. The minimum atomic E-state index is -0.981. The minimum Gasteiger partial charge on any atom is -0.480 e. The third-order valence-electron chi connectivity index (χ3n) is 2.88. The van der Waals surface area contributed by atoms with Gasteiger partial charge in [0, 0.05) is 0 Å². The first kappa shape index (κ1) is 14.2. The molecule has 1 aromatic carbocycles. The van der Waals surface area contributed by atoms with Crippen molar-refractivity contribution in [2.24, 2.45) is 0 Å². The number of rotatable bonds is 6. The summed E-state index contributed by atoms with van der Waals surface area (Å²) >= 11 is 0. The molecule has 18 heavy (non-hydrogen) atoms. The molecule has 0 aliphatic carbocycles. The Labute approximate surface area is 107 Å². The van der Waals surface area contributed by atoms with Gasteiger partial charge in [0.25, 0.3) is 0 Å². The van der Waals surface area contributed by atoms with Crippen molar-refractivity contribution in [3.8, 4) is 0 Å². The van der Waals surface area contributed by atoms with Crippen LogP contribution >= 0.6 is 0 Å². The van der Waals surface area contributed by atoms with E-state index in [4.69, 9.17) is 5.11 Å². The average Bonchev–Trinajstić information content (AvgIpc) is 2.38. The van der Waals surface area contributed by atoms with Crippen LogP contribution in [-0.4, -0.2) is 23.0 Å². The average molecular weight is 249 g/mol. The Morgan fingerprint density at radius 2 is 1.89 bits per heavy atom. The summed E-state index contributed by atoms with van der Waals surface area (Å²) in [5.74, 6) is -1.57. The fourth-order valence-corrected chi connectivity index (χ4v) is 1.74. The molecule has 0 bridgehead atoms. The van der Waals surface area contributed by atoms with Crippen molar-refractivity contribution in [2.45, 2.75) is 38.6 Å². The third-order valence-corrected chi connectivity index (χ3v) is 2.88. The normalized spacial score (nSPS) is 13.7. The molecule has 0 aromatic heterocycles. The molecule has 0 aliphatic heterocycles. The van der Waals surface area contributed by atoms with Crippen LogP contribution < -0.4 is 5.32 Å². The van der Waals surface area contributed by atoms with Crippen LogP contribution in [-0.2, 0) is 9.59 Å². The topological polar surface area (TPSA) is 66.4 Å². The molecule has 0 fully saturated rings. The first-order chi connectivity index (χ1) is 8.56. The van der Waals surface area contributed by atoms with Crippen LogP contribution in [0, 0.1) is 0 Å². The number of aliphatic carboxylic acids is 1. The number of carbonyl (C=O) groups excluding carboxylic acids is 1. The highest BCUT2D eigenvalue weighted by atomic mass is 16.4. The summed E-state index contributed by atoms with van der Waals surface area (Å²) in [5, 5.41) is 11.6. The van der Waals surface area contributed by atoms with Gasteiger partial charge in [0.1, 0.15) is 6.04 Å². The summed E-state index contributed by atoms with van der Waals surface area (Å²) in [7, 11) is 0. The summed E-state index contributed by atoms with van der Waals surface area (Å²) in [5.41, 5.74) is 0.885. The Kier molecular flexibility index (Phi) is 5.36. The van der Waals surface area contributed by atoms with Gasteiger partial charge in [-0.3, -0.25) is 4.79 Å². The van der Waals surface area contributed by atoms with Crippen molar-refractivity contribution in [2.75, 3.05) is 0 Å². The number of carbonyl (C=O) groups is 2. The second-order valence-electron chi connectivity index (χ2n) is 4.32. The van der Waals surface area contributed by atoms with E-state index in [0.717, 1.165) is 12.0 Å². The van der Waals surface area contributed by atoms with Crippen molar-refractivity contribution in [1.82, 2.24) is 5.32 Å². The van der Waals surface area contributed by atoms with E-state index in [-0.39, 0.29) is 11.8 Å². The molecular formula is C14H19NO3. The predicted molar refractivity (Wildman–Crippen MR) is 69.3 cm³/mol. The van der Waals surface area contributed by atoms with Crippen LogP contribution in [0.25, 0.3) is 0 Å². The standard InChI is InChI=1S/C14H19NO3/c1-3-7-12(14(17)18)15-13(16)10(2)11-8-5-4-6-9-11/h4-6,8-10,12H,3,7H2,1-2H3,(H,15,16)(H,17,18)/t10?,12-/m0/s1. The molecule has 0 aliphatic rings. The van der Waals surface area contributed by atoms with Gasteiger partial charge in [-0.15, -0.1) is 0 Å². The number of benzene rings is 1. The molecule has 1 aromatic rings. The lowest BCUT2D eigenvalue weighted by Gasteiger charge is -2.17. The second kappa shape index (κ2) is 6.79. The first-order valence-corrected chi connectivity index (χ1v) is 6.14. The molecule has 1 amide bonds. The quantitative estimate of drug-likeness (QED) is 0.812. The second-order valence-corrected chi connectivity index (χ2v) is 4.32. The lowest BCUT2D eigenvalue weighted by molar-refractivity contribution is -0.142. The highest BCUT2D eigenvalue weighted by molar-refractivity contribution is 5.87. The number of amides is 1. The van der Waals surface area contributed by atoms with Crippen LogP contribution in [0.2, 0.25) is 0 Å². The van der Waals surface area contributed by atoms with Gasteiger partial charge in [-0.25, -0.2) is 4.79 Å². The minimum absolute atomic E-state index is 0.248. The molecule has 0 saturated carbocycles. The Morgan fingerprint density at radius 3 is 2.39 bits per heavy atom. The van der Waals surface area contributed by atoms with Crippen LogP contribution in [0.5, 0.6) is 0 Å². The highest BCUT2D eigenvalue weighted by Crippen LogP contribution is 2.15. The molecule has 1 unspecified atom stereocenters. The summed E-state index contributed by atoms with van der Waals surface area (Å²) in [6.07, 6.45) is 1.17. The van der Waals surface area contributed by atoms with E-state index in [1.165, 1.54) is 0 Å². The Bertz CT molecular complexity index is 403. The summed E-state index contributed by atoms with van der Waals surface area (Å²) in [4.78, 5) is 22.9. The van der Waals surface area contributed by atoms with Gasteiger partial charge >= 0.3 is 5.97 Å². The maximum absolute atomic E-state index is 12.0. The highest BCUT2D eigenvalue weighted by Gasteiger charge is 2.22. The molecule has 4 nitrogen and oxygen atoms in total. The van der Waals surface area contributed by atoms with Gasteiger partial charge < -0.3 is 10.4 Å². The van der Waals surface area contributed by atoms with Gasteiger partial charge in [-0.1, -0.05) is 43.7 Å². The smallest absolute Gasteiger partial charge is 0.326 e. The van der Waals surface area contributed by atoms with Gasteiger partial charge in [-0.2, -0.15) is 0 Å². The number of carboxylic acids is 1. The molecular weight excluding hydrogens is 230 g/mol. The summed E-state index contributed by atoms with van der Waals surface area (Å²) < 4.78 is 0. The summed E-state index contributed by atoms with van der Waals surface area (Å²) in [6, 6.07) is 8.53. The van der Waals surface area contributed by atoms with E-state index >= 15 is 0 Å². The maximum atomic E-state index is 12.0. The van der Waals surface area contributed by atoms with Crippen molar-refractivity contribution in [3.63, 3.8) is 0 Å². The molecule has 2 N–H and O–H groups in total. The van der Waals surface area contributed by atoms with E-state index in [9.17, 15) is 9.59 Å². The lowest BCUT2D eigenvalue weighted by Crippen LogP contribution is -2.42. The molecule has 98 valence electrons. The molecule has 2 atom stereocenters. The number of carboxylic acid groups (broad SMARTS) is 1. The number of hydrogen-bond donors (Lipinski definition) is 2. The molecule has 0 radical (unpaired) electrons. The Morgan fingerprint density at radius 1 is 1.28 bits per heavy atom. The van der Waals surface area contributed by atoms with Crippen molar-refractivity contribution in [3.05, 3.63) is 35.9 Å². The van der Waals surface area contributed by atoms with Crippen molar-refractivity contribution in [1.29, 1.82) is 0 Å². The maximum Gasteiger partial charge on any atom is 0.326 e. The first-order valence-electron chi connectivity index (χ1n) is 6.14. The van der Waals surface area contributed by atoms with Gasteiger partial charge in [0.2, 0.25) is 5.91 Å². The molecule has 4 heteroatoms. The monoisotopic (exact) mass is 249 g/mol. The molecule has 1 rings (SSSR count). The van der Waals surface area contributed by atoms with Crippen LogP contribution in [0.15, 0.2) is 30.3 Å². The van der Waals surface area contributed by atoms with Crippen molar-refractivity contribution >= 4 is 11.9 Å². The van der Waals surface area contributed by atoms with E-state index in [1.807, 2.05) is 37.3 Å². The van der Waals surface area contributed by atoms with E-state index < -0.39 is 12.0 Å². The zero-order valence-electron chi connectivity index (χ0n) is 10.7. The fraction of sp³-hybridized carbons (Fsp3) is 0.429. The van der Waals surface area contributed by atoms with Crippen molar-refractivity contribution < 1.29 is 14.7 Å². The SMILES string of the molecule is CCC[C@H](NC(=O)C(C)c1ccccc1)C(=O)O. The van der Waals surface area contributed by atoms with Gasteiger partial charge in [0.15, 0.2) is 0 Å². The fourth-order valence-electron chi connectivity index (χ4n) is 1.74. The largest absolute Gasteiger partial charge is 0.480 e. The van der Waals surface area contributed by atoms with Crippen LogP contribution in [0.4, 0.5) is 0 Å². The van der Waals surface area contributed by atoms with Gasteiger partial charge in [0.05, 0.1) is 5.92 Å². The Balaban J connectivity index is 2.67. The van der Waals surface area contributed by atoms with Crippen LogP contribution in [0.1, 0.15) is 38.2 Å². The van der Waals surface area contributed by atoms with E-state index in [1.54, 1.807) is 6.92 Å². The molecule has 0 saturated heterocycles. The number of hydrogen-bond acceptors (Lipinski definition) is 2. The zero-order valence-corrected chi connectivity index (χ0v) is 10.7. The third kappa shape index (κ3) is 3.87. The van der Waals surface area contributed by atoms with Crippen LogP contribution in [0.3, 0.4) is 0 Å². The molecule has 0 heterocycles. The number of nitrogens with one attached hydrogen (secondary N) is 1. The summed E-state index contributed by atoms with van der Waals surface area (Å²) in [6.45, 7) is 3.66. The molecule has 0 spiro atoms. The zero-order chi connectivity index (χ0) is 13.5. The van der Waals surface area contributed by atoms with E-state index in [2.05, 4.69) is 5.32 Å². The predicted octanol–water partition coefficient (Wildman–Crippen LogP) is 2.16. The van der Waals surface area contributed by atoms with E-state index in [0.29, 0.717) is 6.42 Å². The Hall–Kier alpha value is -1.84.